The van der Waals surface area contributed by atoms with Crippen LogP contribution in [0.15, 0.2) is 42.5 Å². The molecule has 1 fully saturated rings. The van der Waals surface area contributed by atoms with Crippen LogP contribution < -0.4 is 5.32 Å². The molecule has 1 aliphatic rings. The van der Waals surface area contributed by atoms with Gasteiger partial charge in [0.15, 0.2) is 0 Å². The van der Waals surface area contributed by atoms with Crippen LogP contribution in [0.2, 0.25) is 0 Å². The highest BCUT2D eigenvalue weighted by Crippen LogP contribution is 2.23. The molecule has 3 rings (SSSR count). The molecule has 1 aliphatic heterocycles. The first-order chi connectivity index (χ1) is 12.4. The van der Waals surface area contributed by atoms with E-state index < -0.39 is 0 Å². The lowest BCUT2D eigenvalue weighted by molar-refractivity contribution is 0.0697. The smallest absolute Gasteiger partial charge is 0.255 e. The molecule has 0 aliphatic carbocycles. The summed E-state index contributed by atoms with van der Waals surface area (Å²) in [6, 6.07) is 10.0. The fourth-order valence-electron chi connectivity index (χ4n) is 3.06. The van der Waals surface area contributed by atoms with Crippen molar-refractivity contribution >= 4 is 11.8 Å². The van der Waals surface area contributed by atoms with Crippen molar-refractivity contribution in [3.63, 3.8) is 0 Å². The van der Waals surface area contributed by atoms with Gasteiger partial charge in [-0.15, -0.1) is 0 Å². The number of piperidine rings is 1. The second-order valence-electron chi connectivity index (χ2n) is 6.30. The predicted molar refractivity (Wildman–Crippen MR) is 94.3 cm³/mol. The maximum Gasteiger partial charge on any atom is 0.255 e. The number of benzene rings is 2. The molecule has 2 aromatic rings. The molecule has 7 heteroatoms. The van der Waals surface area contributed by atoms with Crippen molar-refractivity contribution in [2.24, 2.45) is 0 Å². The first kappa shape index (κ1) is 17.6. The first-order valence-electron chi connectivity index (χ1n) is 8.35. The summed E-state index contributed by atoms with van der Waals surface area (Å²) in [5.41, 5.74) is 0.445. The molecule has 0 radical (unpaired) electrons. The Balaban J connectivity index is 1.58. The van der Waals surface area contributed by atoms with Gasteiger partial charge in [0.05, 0.1) is 5.56 Å². The summed E-state index contributed by atoms with van der Waals surface area (Å²) in [7, 11) is 0. The highest BCUT2D eigenvalue weighted by Gasteiger charge is 2.25. The van der Waals surface area contributed by atoms with Crippen LogP contribution in [0.25, 0.3) is 0 Å². The van der Waals surface area contributed by atoms with Gasteiger partial charge in [-0.05, 0) is 37.1 Å². The number of phenolic OH excluding ortho intramolecular Hbond substituents is 3. The topological polar surface area (TPSA) is 110 Å². The van der Waals surface area contributed by atoms with Crippen LogP contribution in [0.4, 0.5) is 0 Å². The summed E-state index contributed by atoms with van der Waals surface area (Å²) in [5.74, 6) is -1.02. The second-order valence-corrected chi connectivity index (χ2v) is 6.30. The lowest BCUT2D eigenvalue weighted by Crippen LogP contribution is -2.46. The zero-order valence-corrected chi connectivity index (χ0v) is 14.1. The summed E-state index contributed by atoms with van der Waals surface area (Å²) >= 11 is 0. The van der Waals surface area contributed by atoms with Gasteiger partial charge in [-0.2, -0.15) is 0 Å². The summed E-state index contributed by atoms with van der Waals surface area (Å²) in [6.07, 6.45) is 1.16. The number of hydrogen-bond donors (Lipinski definition) is 4. The molecular weight excluding hydrogens is 336 g/mol. The summed E-state index contributed by atoms with van der Waals surface area (Å²) in [5, 5.41) is 31.6. The number of rotatable bonds is 3. The van der Waals surface area contributed by atoms with Gasteiger partial charge in [-0.25, -0.2) is 0 Å². The number of hydrogen-bond acceptors (Lipinski definition) is 5. The van der Waals surface area contributed by atoms with Gasteiger partial charge in [-0.3, -0.25) is 9.59 Å². The molecule has 0 bridgehead atoms. The minimum atomic E-state index is -0.342. The van der Waals surface area contributed by atoms with Crippen molar-refractivity contribution in [1.82, 2.24) is 10.2 Å². The van der Waals surface area contributed by atoms with E-state index in [9.17, 15) is 24.9 Å². The largest absolute Gasteiger partial charge is 0.508 e. The summed E-state index contributed by atoms with van der Waals surface area (Å²) < 4.78 is 0. The number of nitrogens with one attached hydrogen (secondary N) is 1. The Morgan fingerprint density at radius 3 is 2.19 bits per heavy atom. The molecule has 7 nitrogen and oxygen atoms in total. The van der Waals surface area contributed by atoms with E-state index in [1.807, 2.05) is 0 Å². The molecule has 26 heavy (non-hydrogen) atoms. The number of phenols is 3. The Hall–Kier alpha value is -3.22. The Morgan fingerprint density at radius 2 is 1.58 bits per heavy atom. The van der Waals surface area contributed by atoms with Crippen LogP contribution >= 0.6 is 0 Å². The van der Waals surface area contributed by atoms with Gasteiger partial charge in [0, 0.05) is 30.8 Å². The van der Waals surface area contributed by atoms with Gasteiger partial charge < -0.3 is 25.5 Å². The number of likely N-dealkylation sites (tertiary alicyclic amines) is 1. The number of nitrogens with zero attached hydrogens (tertiary/aromatic N) is 1. The number of aromatic hydroxyl groups is 3. The maximum atomic E-state index is 12.5. The highest BCUT2D eigenvalue weighted by atomic mass is 16.3. The Bertz CT molecular complexity index is 808. The minimum Gasteiger partial charge on any atom is -0.508 e. The molecule has 2 amide bonds. The molecule has 0 spiro atoms. The molecule has 2 aromatic carbocycles. The molecule has 1 saturated heterocycles. The molecule has 0 saturated carbocycles. The van der Waals surface area contributed by atoms with E-state index in [1.54, 1.807) is 23.1 Å². The third-order valence-corrected chi connectivity index (χ3v) is 4.42. The number of para-hydroxylation sites is 1. The van der Waals surface area contributed by atoms with E-state index in [-0.39, 0.29) is 46.2 Å². The van der Waals surface area contributed by atoms with Gasteiger partial charge in [-0.1, -0.05) is 12.1 Å². The lowest BCUT2D eigenvalue weighted by Gasteiger charge is -2.32. The molecule has 136 valence electrons. The standard InChI is InChI=1S/C19H20N2O5/c22-14-9-12(10-15(23)11-14)19(26)21-7-5-13(6-8-21)20-18(25)16-3-1-2-4-17(16)24/h1-4,9-11,13,22-24H,5-8H2,(H,20,25). The van der Waals surface area contributed by atoms with Crippen molar-refractivity contribution in [3.05, 3.63) is 53.6 Å². The van der Waals surface area contributed by atoms with Crippen LogP contribution in [-0.4, -0.2) is 51.2 Å². The SMILES string of the molecule is O=C(NC1CCN(C(=O)c2cc(O)cc(O)c2)CC1)c1ccccc1O. The van der Waals surface area contributed by atoms with Crippen LogP contribution in [0, 0.1) is 0 Å². The minimum absolute atomic E-state index is 0.0682. The van der Waals surface area contributed by atoms with E-state index in [2.05, 4.69) is 5.32 Å². The van der Waals surface area contributed by atoms with Crippen LogP contribution in [0.3, 0.4) is 0 Å². The third-order valence-electron chi connectivity index (χ3n) is 4.42. The van der Waals surface area contributed by atoms with Crippen molar-refractivity contribution in [2.45, 2.75) is 18.9 Å². The first-order valence-corrected chi connectivity index (χ1v) is 8.35. The zero-order valence-electron chi connectivity index (χ0n) is 14.1. The quantitative estimate of drug-likeness (QED) is 0.671. The molecule has 0 atom stereocenters. The van der Waals surface area contributed by atoms with Gasteiger partial charge in [0.2, 0.25) is 0 Å². The van der Waals surface area contributed by atoms with E-state index in [4.69, 9.17) is 0 Å². The van der Waals surface area contributed by atoms with E-state index in [0.29, 0.717) is 25.9 Å². The average Bonchev–Trinajstić information content (AvgIpc) is 2.61. The zero-order chi connectivity index (χ0) is 18.7. The molecule has 0 unspecified atom stereocenters. The van der Waals surface area contributed by atoms with Crippen molar-refractivity contribution in [3.8, 4) is 17.2 Å². The Morgan fingerprint density at radius 1 is 0.962 bits per heavy atom. The van der Waals surface area contributed by atoms with Crippen molar-refractivity contribution < 1.29 is 24.9 Å². The Labute approximate surface area is 150 Å². The van der Waals surface area contributed by atoms with Crippen molar-refractivity contribution in [1.29, 1.82) is 0 Å². The normalized spacial score (nSPS) is 14.8. The molecule has 4 N–H and O–H groups in total. The van der Waals surface area contributed by atoms with Crippen LogP contribution in [0.5, 0.6) is 17.2 Å². The number of amides is 2. The van der Waals surface area contributed by atoms with Gasteiger partial charge >= 0.3 is 0 Å². The van der Waals surface area contributed by atoms with Gasteiger partial charge in [0.1, 0.15) is 17.2 Å². The van der Waals surface area contributed by atoms with E-state index in [0.717, 1.165) is 6.07 Å². The van der Waals surface area contributed by atoms with Crippen molar-refractivity contribution in [2.75, 3.05) is 13.1 Å². The van der Waals surface area contributed by atoms with E-state index >= 15 is 0 Å². The average molecular weight is 356 g/mol. The molecule has 0 aromatic heterocycles. The maximum absolute atomic E-state index is 12.5. The lowest BCUT2D eigenvalue weighted by atomic mass is 10.0. The number of carbonyl (C=O) groups excluding carboxylic acids is 2. The summed E-state index contributed by atoms with van der Waals surface area (Å²) in [4.78, 5) is 26.3. The third kappa shape index (κ3) is 3.88. The Kier molecular flexibility index (Phi) is 4.97. The van der Waals surface area contributed by atoms with Crippen LogP contribution in [0.1, 0.15) is 33.6 Å². The second kappa shape index (κ2) is 7.35. The van der Waals surface area contributed by atoms with Crippen LogP contribution in [-0.2, 0) is 0 Å². The fraction of sp³-hybridized carbons (Fsp3) is 0.263. The number of carbonyl (C=O) groups is 2. The van der Waals surface area contributed by atoms with Gasteiger partial charge in [0.25, 0.3) is 11.8 Å². The fourth-order valence-corrected chi connectivity index (χ4v) is 3.06. The predicted octanol–water partition coefficient (Wildman–Crippen LogP) is 1.84. The molecule has 1 heterocycles. The molecular formula is C19H20N2O5. The summed E-state index contributed by atoms with van der Waals surface area (Å²) in [6.45, 7) is 0.891. The monoisotopic (exact) mass is 356 g/mol. The highest BCUT2D eigenvalue weighted by molar-refractivity contribution is 5.97. The van der Waals surface area contributed by atoms with E-state index in [1.165, 1.54) is 18.2 Å².